The number of carbonyl (C=O) groups is 1. The number of hydrogen-bond donors (Lipinski definition) is 1. The molecule has 0 aliphatic rings. The summed E-state index contributed by atoms with van der Waals surface area (Å²) in [6.45, 7) is 2.04. The minimum atomic E-state index is -0.655. The van der Waals surface area contributed by atoms with E-state index in [1.54, 1.807) is 0 Å². The Bertz CT molecular complexity index is 873. The number of amides is 1. The largest absolute Gasteiger partial charge is 0.319 e. The van der Waals surface area contributed by atoms with Crippen LogP contribution in [-0.4, -0.2) is 5.91 Å². The topological polar surface area (TPSA) is 29.1 Å². The minimum absolute atomic E-state index is 0.144. The molecule has 0 saturated heterocycles. The predicted octanol–water partition coefficient (Wildman–Crippen LogP) is 5.38. The second kappa shape index (κ2) is 6.46. The van der Waals surface area contributed by atoms with E-state index in [1.807, 2.05) is 31.2 Å². The van der Waals surface area contributed by atoms with Gasteiger partial charge in [-0.2, -0.15) is 0 Å². The smallest absolute Gasteiger partial charge is 0.266 e. The first-order valence-corrected chi connectivity index (χ1v) is 8.18. The van der Waals surface area contributed by atoms with Gasteiger partial charge in [-0.25, -0.2) is 8.78 Å². The lowest BCUT2D eigenvalue weighted by Crippen LogP contribution is -2.13. The summed E-state index contributed by atoms with van der Waals surface area (Å²) in [6.07, 6.45) is 1.66. The highest BCUT2D eigenvalue weighted by Gasteiger charge is 2.19. The third-order valence-corrected chi connectivity index (χ3v) is 4.79. The normalized spacial score (nSPS) is 10.9. The van der Waals surface area contributed by atoms with Gasteiger partial charge in [-0.3, -0.25) is 4.79 Å². The van der Waals surface area contributed by atoms with E-state index in [1.165, 1.54) is 11.3 Å². The second-order valence-corrected chi connectivity index (χ2v) is 6.29. The van der Waals surface area contributed by atoms with Gasteiger partial charge in [-0.05, 0) is 35.6 Å². The predicted molar refractivity (Wildman–Crippen MR) is 90.1 cm³/mol. The monoisotopic (exact) mass is 331 g/mol. The molecule has 23 heavy (non-hydrogen) atoms. The van der Waals surface area contributed by atoms with E-state index < -0.39 is 17.5 Å². The summed E-state index contributed by atoms with van der Waals surface area (Å²) in [5.74, 6) is -1.65. The lowest BCUT2D eigenvalue weighted by molar-refractivity contribution is 0.102. The van der Waals surface area contributed by atoms with Crippen LogP contribution in [0.15, 0.2) is 42.5 Å². The van der Waals surface area contributed by atoms with Crippen LogP contribution >= 0.6 is 11.3 Å². The Morgan fingerprint density at radius 3 is 2.74 bits per heavy atom. The standard InChI is InChI=1S/C18H15F2NOS/c1-2-5-13-12-6-3-4-7-16(12)23-17(13)18(22)21-15-10-11(19)8-9-14(15)20/h3-4,6-10H,2,5H2,1H3,(H,21,22). The Hall–Kier alpha value is -2.27. The quantitative estimate of drug-likeness (QED) is 0.683. The number of halogens is 2. The molecule has 2 nitrogen and oxygen atoms in total. The van der Waals surface area contributed by atoms with E-state index >= 15 is 0 Å². The van der Waals surface area contributed by atoms with Crippen molar-refractivity contribution >= 4 is 33.0 Å². The number of nitrogens with one attached hydrogen (secondary N) is 1. The number of hydrogen-bond acceptors (Lipinski definition) is 2. The average Bonchev–Trinajstić information content (AvgIpc) is 2.90. The van der Waals surface area contributed by atoms with Crippen molar-refractivity contribution in [2.24, 2.45) is 0 Å². The summed E-state index contributed by atoms with van der Waals surface area (Å²) in [5, 5.41) is 3.53. The molecule has 0 atom stereocenters. The van der Waals surface area contributed by atoms with E-state index in [4.69, 9.17) is 0 Å². The van der Waals surface area contributed by atoms with Crippen LogP contribution < -0.4 is 5.32 Å². The van der Waals surface area contributed by atoms with Gasteiger partial charge in [0.15, 0.2) is 0 Å². The fraction of sp³-hybridized carbons (Fsp3) is 0.167. The fourth-order valence-corrected chi connectivity index (χ4v) is 3.70. The molecule has 1 N–H and O–H groups in total. The molecule has 0 aliphatic carbocycles. The van der Waals surface area contributed by atoms with Gasteiger partial charge < -0.3 is 5.32 Å². The van der Waals surface area contributed by atoms with Crippen LogP contribution in [0.25, 0.3) is 10.1 Å². The van der Waals surface area contributed by atoms with E-state index in [9.17, 15) is 13.6 Å². The molecule has 0 spiro atoms. The van der Waals surface area contributed by atoms with E-state index in [0.717, 1.165) is 46.7 Å². The number of aryl methyl sites for hydroxylation is 1. The van der Waals surface area contributed by atoms with Crippen molar-refractivity contribution in [3.63, 3.8) is 0 Å². The maximum atomic E-state index is 13.7. The Morgan fingerprint density at radius 2 is 1.96 bits per heavy atom. The number of fused-ring (bicyclic) bond motifs is 1. The summed E-state index contributed by atoms with van der Waals surface area (Å²) in [7, 11) is 0. The maximum Gasteiger partial charge on any atom is 0.266 e. The van der Waals surface area contributed by atoms with Gasteiger partial charge in [-0.15, -0.1) is 11.3 Å². The number of thiophene rings is 1. The van der Waals surface area contributed by atoms with Crippen molar-refractivity contribution in [3.8, 4) is 0 Å². The van der Waals surface area contributed by atoms with Gasteiger partial charge in [0, 0.05) is 10.8 Å². The molecule has 0 unspecified atom stereocenters. The minimum Gasteiger partial charge on any atom is -0.319 e. The molecule has 3 aromatic rings. The lowest BCUT2D eigenvalue weighted by Gasteiger charge is -2.07. The lowest BCUT2D eigenvalue weighted by atomic mass is 10.1. The van der Waals surface area contributed by atoms with Gasteiger partial charge in [0.2, 0.25) is 0 Å². The molecule has 118 valence electrons. The summed E-state index contributed by atoms with van der Waals surface area (Å²) >= 11 is 1.37. The van der Waals surface area contributed by atoms with Crippen LogP contribution in [0, 0.1) is 11.6 Å². The van der Waals surface area contributed by atoms with Crippen LogP contribution in [0.1, 0.15) is 28.6 Å². The number of rotatable bonds is 4. The maximum absolute atomic E-state index is 13.7. The molecule has 1 heterocycles. The fourth-order valence-electron chi connectivity index (χ4n) is 2.55. The molecule has 0 radical (unpaired) electrons. The Kier molecular flexibility index (Phi) is 4.39. The van der Waals surface area contributed by atoms with Crippen molar-refractivity contribution in [3.05, 3.63) is 64.5 Å². The van der Waals surface area contributed by atoms with Crippen molar-refractivity contribution in [2.75, 3.05) is 5.32 Å². The molecule has 0 bridgehead atoms. The van der Waals surface area contributed by atoms with E-state index in [-0.39, 0.29) is 5.69 Å². The molecule has 1 amide bonds. The SMILES string of the molecule is CCCc1c(C(=O)Nc2cc(F)ccc2F)sc2ccccc12. The van der Waals surface area contributed by atoms with Gasteiger partial charge in [0.25, 0.3) is 5.91 Å². The molecular weight excluding hydrogens is 316 g/mol. The molecule has 5 heteroatoms. The molecule has 0 fully saturated rings. The van der Waals surface area contributed by atoms with Gasteiger partial charge in [0.1, 0.15) is 11.6 Å². The Balaban J connectivity index is 2.00. The van der Waals surface area contributed by atoms with Crippen LogP contribution in [0.5, 0.6) is 0 Å². The first-order valence-electron chi connectivity index (χ1n) is 7.37. The van der Waals surface area contributed by atoms with Crippen LogP contribution in [0.4, 0.5) is 14.5 Å². The number of anilines is 1. The number of benzene rings is 2. The average molecular weight is 331 g/mol. The van der Waals surface area contributed by atoms with Gasteiger partial charge in [-0.1, -0.05) is 31.5 Å². The zero-order valence-corrected chi connectivity index (χ0v) is 13.3. The molecule has 1 aromatic heterocycles. The number of carbonyl (C=O) groups excluding carboxylic acids is 1. The van der Waals surface area contributed by atoms with E-state index in [2.05, 4.69) is 5.32 Å². The molecule has 0 aliphatic heterocycles. The Labute approximate surface area is 136 Å². The molecule has 0 saturated carbocycles. The third-order valence-electron chi connectivity index (χ3n) is 3.58. The Morgan fingerprint density at radius 1 is 1.17 bits per heavy atom. The molecule has 3 rings (SSSR count). The van der Waals surface area contributed by atoms with E-state index in [0.29, 0.717) is 4.88 Å². The van der Waals surface area contributed by atoms with Crippen molar-refractivity contribution in [1.82, 2.24) is 0 Å². The zero-order chi connectivity index (χ0) is 16.4. The second-order valence-electron chi connectivity index (χ2n) is 5.23. The van der Waals surface area contributed by atoms with Crippen molar-refractivity contribution in [1.29, 1.82) is 0 Å². The van der Waals surface area contributed by atoms with Crippen molar-refractivity contribution in [2.45, 2.75) is 19.8 Å². The molecular formula is C18H15F2NOS. The third kappa shape index (κ3) is 3.10. The highest BCUT2D eigenvalue weighted by molar-refractivity contribution is 7.21. The summed E-state index contributed by atoms with van der Waals surface area (Å²) < 4.78 is 28.0. The van der Waals surface area contributed by atoms with Gasteiger partial charge in [0.05, 0.1) is 10.6 Å². The zero-order valence-electron chi connectivity index (χ0n) is 12.5. The molecule has 2 aromatic carbocycles. The van der Waals surface area contributed by atoms with Crippen LogP contribution in [0.3, 0.4) is 0 Å². The summed E-state index contributed by atoms with van der Waals surface area (Å²) in [6, 6.07) is 10.8. The van der Waals surface area contributed by atoms with Gasteiger partial charge >= 0.3 is 0 Å². The van der Waals surface area contributed by atoms with Crippen molar-refractivity contribution < 1.29 is 13.6 Å². The highest BCUT2D eigenvalue weighted by atomic mass is 32.1. The highest BCUT2D eigenvalue weighted by Crippen LogP contribution is 2.33. The first kappa shape index (κ1) is 15.6. The summed E-state index contributed by atoms with van der Waals surface area (Å²) in [4.78, 5) is 13.1. The van der Waals surface area contributed by atoms with Crippen LogP contribution in [0.2, 0.25) is 0 Å². The summed E-state index contributed by atoms with van der Waals surface area (Å²) in [5.41, 5.74) is 0.817. The van der Waals surface area contributed by atoms with Crippen LogP contribution in [-0.2, 0) is 6.42 Å². The first-order chi connectivity index (χ1) is 11.1.